The van der Waals surface area contributed by atoms with Crippen LogP contribution in [0.2, 0.25) is 0 Å². The fourth-order valence-corrected chi connectivity index (χ4v) is 6.34. The molecule has 0 bridgehead atoms. The fraction of sp³-hybridized carbons (Fsp3) is 0.645. The minimum atomic E-state index is -3.52. The van der Waals surface area contributed by atoms with Crippen LogP contribution in [0.5, 0.6) is 11.5 Å². The summed E-state index contributed by atoms with van der Waals surface area (Å²) in [5.74, 6) is 1.50. The number of terminal acetylenes is 1. The molecule has 1 saturated heterocycles. The van der Waals surface area contributed by atoms with Gasteiger partial charge >= 0.3 is 25.5 Å². The van der Waals surface area contributed by atoms with Crippen LogP contribution in [0, 0.1) is 12.3 Å². The van der Waals surface area contributed by atoms with Crippen LogP contribution in [0.15, 0.2) is 24.3 Å². The molecular weight excluding hydrogens is 595 g/mol. The minimum absolute atomic E-state index is 0.00908. The van der Waals surface area contributed by atoms with Gasteiger partial charge in [-0.2, -0.15) is 0 Å². The summed E-state index contributed by atoms with van der Waals surface area (Å²) in [5, 5.41) is 0. The summed E-state index contributed by atoms with van der Waals surface area (Å²) in [6.45, 7) is 7.76. The van der Waals surface area contributed by atoms with E-state index in [2.05, 4.69) is 5.92 Å². The highest BCUT2D eigenvalue weighted by molar-refractivity contribution is 7.53. The Balaban J connectivity index is 2.27. The standard InChI is InChI=1S/C31H45O12P/c1-7-10-11-12-13-14-20-36-25-15-17-26(18-16-25)42-31-30(41-24(6)34)29(40-23(5)33)28(39-22(4)32)27(43-31)19-21-44(35,37-8-2)38-9-3/h1,15-18,27-31H,8-14,19-21H2,2-6H3/t27-,28-,29+,30+,31+/m1/s1. The van der Waals surface area contributed by atoms with Gasteiger partial charge in [0, 0.05) is 27.2 Å². The molecule has 0 aliphatic carbocycles. The predicted octanol–water partition coefficient (Wildman–Crippen LogP) is 5.20. The molecule has 246 valence electrons. The Bertz CT molecular complexity index is 1120. The number of carbonyl (C=O) groups is 3. The van der Waals surface area contributed by atoms with Crippen molar-refractivity contribution in [3.8, 4) is 23.8 Å². The third kappa shape index (κ3) is 12.9. The Kier molecular flexibility index (Phi) is 16.3. The first kappa shape index (κ1) is 37.1. The van der Waals surface area contributed by atoms with Gasteiger partial charge in [-0.05, 0) is 57.4 Å². The molecule has 44 heavy (non-hydrogen) atoms. The summed E-state index contributed by atoms with van der Waals surface area (Å²) in [6.07, 6.45) is 3.80. The number of unbranched alkanes of at least 4 members (excludes halogenated alkanes) is 4. The molecule has 0 unspecified atom stereocenters. The Morgan fingerprint density at radius 3 is 1.93 bits per heavy atom. The first-order valence-electron chi connectivity index (χ1n) is 14.9. The summed E-state index contributed by atoms with van der Waals surface area (Å²) in [7, 11) is -3.52. The van der Waals surface area contributed by atoms with Gasteiger partial charge in [-0.25, -0.2) is 0 Å². The Morgan fingerprint density at radius 1 is 0.818 bits per heavy atom. The topological polar surface area (TPSA) is 142 Å². The summed E-state index contributed by atoms with van der Waals surface area (Å²) >= 11 is 0. The van der Waals surface area contributed by atoms with E-state index in [4.69, 9.17) is 43.9 Å². The molecule has 0 N–H and O–H groups in total. The molecule has 0 radical (unpaired) electrons. The van der Waals surface area contributed by atoms with Crippen molar-refractivity contribution in [2.45, 2.75) is 104 Å². The van der Waals surface area contributed by atoms with Crippen molar-refractivity contribution in [2.75, 3.05) is 26.0 Å². The molecule has 2 rings (SSSR count). The molecule has 1 aromatic rings. The molecule has 1 aliphatic heterocycles. The molecule has 1 aromatic carbocycles. The fourth-order valence-electron chi connectivity index (χ4n) is 4.65. The molecular formula is C31H45O12P. The van der Waals surface area contributed by atoms with Gasteiger partial charge in [-0.15, -0.1) is 12.3 Å². The third-order valence-corrected chi connectivity index (χ3v) is 8.51. The molecule has 1 fully saturated rings. The average molecular weight is 641 g/mol. The van der Waals surface area contributed by atoms with Crippen LogP contribution in [0.1, 0.15) is 73.1 Å². The van der Waals surface area contributed by atoms with E-state index in [1.165, 1.54) is 20.8 Å². The minimum Gasteiger partial charge on any atom is -0.494 e. The van der Waals surface area contributed by atoms with Crippen molar-refractivity contribution < 1.29 is 56.4 Å². The van der Waals surface area contributed by atoms with Crippen molar-refractivity contribution in [3.63, 3.8) is 0 Å². The normalized spacial score (nSPS) is 21.5. The van der Waals surface area contributed by atoms with Crippen LogP contribution in [0.4, 0.5) is 0 Å². The highest BCUT2D eigenvalue weighted by Crippen LogP contribution is 2.49. The molecule has 0 spiro atoms. The highest BCUT2D eigenvalue weighted by Gasteiger charge is 2.53. The molecule has 0 aromatic heterocycles. The number of benzene rings is 1. The second-order valence-corrected chi connectivity index (χ2v) is 12.2. The third-order valence-electron chi connectivity index (χ3n) is 6.40. The Hall–Kier alpha value is -3.10. The zero-order chi connectivity index (χ0) is 32.5. The summed E-state index contributed by atoms with van der Waals surface area (Å²) in [6, 6.07) is 6.76. The van der Waals surface area contributed by atoms with Gasteiger partial charge in [0.25, 0.3) is 0 Å². The first-order chi connectivity index (χ1) is 21.0. The number of rotatable bonds is 19. The Morgan fingerprint density at radius 2 is 1.36 bits per heavy atom. The molecule has 5 atom stereocenters. The molecule has 0 saturated carbocycles. The van der Waals surface area contributed by atoms with E-state index >= 15 is 0 Å². The number of hydrogen-bond acceptors (Lipinski definition) is 12. The number of ether oxygens (including phenoxy) is 6. The largest absolute Gasteiger partial charge is 0.494 e. The maximum atomic E-state index is 13.2. The zero-order valence-electron chi connectivity index (χ0n) is 26.2. The summed E-state index contributed by atoms with van der Waals surface area (Å²) < 4.78 is 58.6. The van der Waals surface area contributed by atoms with E-state index in [9.17, 15) is 18.9 Å². The van der Waals surface area contributed by atoms with Gasteiger partial charge in [-0.1, -0.05) is 12.8 Å². The van der Waals surface area contributed by atoms with Crippen LogP contribution in [-0.2, 0) is 46.9 Å². The second-order valence-electron chi connectivity index (χ2n) is 10.0. The highest BCUT2D eigenvalue weighted by atomic mass is 31.2. The number of hydrogen-bond donors (Lipinski definition) is 0. The lowest BCUT2D eigenvalue weighted by Gasteiger charge is -2.44. The average Bonchev–Trinajstić information content (AvgIpc) is 2.95. The summed E-state index contributed by atoms with van der Waals surface area (Å²) in [5.41, 5.74) is 0. The monoisotopic (exact) mass is 640 g/mol. The van der Waals surface area contributed by atoms with Crippen LogP contribution in [0.3, 0.4) is 0 Å². The van der Waals surface area contributed by atoms with Crippen molar-refractivity contribution in [1.82, 2.24) is 0 Å². The van der Waals surface area contributed by atoms with E-state index < -0.39 is 56.2 Å². The van der Waals surface area contributed by atoms with Crippen molar-refractivity contribution >= 4 is 25.5 Å². The molecule has 0 amide bonds. The van der Waals surface area contributed by atoms with E-state index in [1.807, 2.05) is 0 Å². The molecule has 12 nitrogen and oxygen atoms in total. The summed E-state index contributed by atoms with van der Waals surface area (Å²) in [4.78, 5) is 36.4. The van der Waals surface area contributed by atoms with Crippen LogP contribution in [-0.4, -0.2) is 74.6 Å². The quantitative estimate of drug-likeness (QED) is 0.0645. The van der Waals surface area contributed by atoms with Crippen LogP contribution < -0.4 is 9.47 Å². The van der Waals surface area contributed by atoms with Crippen LogP contribution >= 0.6 is 7.60 Å². The van der Waals surface area contributed by atoms with Crippen LogP contribution in [0.25, 0.3) is 0 Å². The zero-order valence-corrected chi connectivity index (χ0v) is 27.1. The van der Waals surface area contributed by atoms with Crippen molar-refractivity contribution in [3.05, 3.63) is 24.3 Å². The maximum Gasteiger partial charge on any atom is 0.330 e. The van der Waals surface area contributed by atoms with Gasteiger partial charge < -0.3 is 37.5 Å². The van der Waals surface area contributed by atoms with Crippen molar-refractivity contribution in [2.24, 2.45) is 0 Å². The van der Waals surface area contributed by atoms with Crippen molar-refractivity contribution in [1.29, 1.82) is 0 Å². The lowest BCUT2D eigenvalue weighted by atomic mass is 9.96. The maximum absolute atomic E-state index is 13.2. The molecule has 1 heterocycles. The lowest BCUT2D eigenvalue weighted by molar-refractivity contribution is -0.283. The SMILES string of the molecule is C#CCCCCCCOc1ccc(O[C@H]2O[C@H](CCP(=O)(OCC)OCC)[C@@H](OC(C)=O)[C@H](OC(C)=O)[C@@H]2OC(C)=O)cc1. The van der Waals surface area contributed by atoms with E-state index in [1.54, 1.807) is 38.1 Å². The van der Waals surface area contributed by atoms with E-state index in [0.717, 1.165) is 32.1 Å². The second kappa shape index (κ2) is 19.3. The molecule has 1 aliphatic rings. The smallest absolute Gasteiger partial charge is 0.330 e. The van der Waals surface area contributed by atoms with Gasteiger partial charge in [0.15, 0.2) is 12.2 Å². The predicted molar refractivity (Wildman–Crippen MR) is 160 cm³/mol. The van der Waals surface area contributed by atoms with E-state index in [-0.39, 0.29) is 25.8 Å². The van der Waals surface area contributed by atoms with Gasteiger partial charge in [0.05, 0.1) is 26.0 Å². The van der Waals surface area contributed by atoms with Gasteiger partial charge in [0.2, 0.25) is 12.4 Å². The Labute approximate surface area is 259 Å². The van der Waals surface area contributed by atoms with Gasteiger partial charge in [0.1, 0.15) is 17.6 Å². The lowest BCUT2D eigenvalue weighted by Crippen LogP contribution is -2.62. The first-order valence-corrected chi connectivity index (χ1v) is 16.6. The molecule has 13 heteroatoms. The number of esters is 3. The number of carbonyl (C=O) groups excluding carboxylic acids is 3. The van der Waals surface area contributed by atoms with E-state index in [0.29, 0.717) is 18.1 Å². The van der Waals surface area contributed by atoms with Gasteiger partial charge in [-0.3, -0.25) is 18.9 Å².